The molecule has 12 heavy (non-hydrogen) atoms. The zero-order chi connectivity index (χ0) is 8.55. The Morgan fingerprint density at radius 2 is 2.25 bits per heavy atom. The van der Waals surface area contributed by atoms with Crippen LogP contribution < -0.4 is 10.6 Å². The van der Waals surface area contributed by atoms with E-state index in [2.05, 4.69) is 10.6 Å². The minimum atomic E-state index is -0.386. The van der Waals surface area contributed by atoms with E-state index in [0.717, 1.165) is 6.42 Å². The van der Waals surface area contributed by atoms with Gasteiger partial charge in [-0.1, -0.05) is 0 Å². The summed E-state index contributed by atoms with van der Waals surface area (Å²) in [5, 5.41) is 4.91. The van der Waals surface area contributed by atoms with Gasteiger partial charge in [0, 0.05) is 12.6 Å². The summed E-state index contributed by atoms with van der Waals surface area (Å²) in [6.07, 6.45) is 0.726. The normalized spacial score (nSPS) is 35.0. The number of amides is 3. The van der Waals surface area contributed by atoms with Crippen molar-refractivity contribution in [1.82, 2.24) is 10.6 Å². The molecule has 3 amide bonds. The van der Waals surface area contributed by atoms with Crippen molar-refractivity contribution in [2.75, 3.05) is 13.2 Å². The third kappa shape index (κ3) is 1.16. The van der Waals surface area contributed by atoms with Gasteiger partial charge in [0.1, 0.15) is 0 Å². The third-order valence-corrected chi connectivity index (χ3v) is 2.25. The fourth-order valence-corrected chi connectivity index (χ4v) is 1.58. The van der Waals surface area contributed by atoms with E-state index in [0.29, 0.717) is 13.2 Å². The van der Waals surface area contributed by atoms with Gasteiger partial charge in [-0.05, 0) is 6.42 Å². The van der Waals surface area contributed by atoms with Gasteiger partial charge in [0.25, 0.3) is 0 Å². The van der Waals surface area contributed by atoms with Crippen LogP contribution in [0.2, 0.25) is 0 Å². The van der Waals surface area contributed by atoms with E-state index in [1.54, 1.807) is 0 Å². The van der Waals surface area contributed by atoms with E-state index in [1.165, 1.54) is 0 Å². The number of carbonyl (C=O) groups is 2. The van der Waals surface area contributed by atoms with Crippen molar-refractivity contribution in [3.8, 4) is 0 Å². The van der Waals surface area contributed by atoms with Crippen molar-refractivity contribution in [1.29, 1.82) is 0 Å². The van der Waals surface area contributed by atoms with E-state index < -0.39 is 0 Å². The highest BCUT2D eigenvalue weighted by Crippen LogP contribution is 2.17. The number of fused-ring (bicyclic) bond motifs is 1. The highest BCUT2D eigenvalue weighted by Gasteiger charge is 2.37. The second kappa shape index (κ2) is 2.75. The molecule has 0 aromatic carbocycles. The van der Waals surface area contributed by atoms with Gasteiger partial charge in [0.2, 0.25) is 5.91 Å². The van der Waals surface area contributed by atoms with Crippen molar-refractivity contribution in [2.24, 2.45) is 5.92 Å². The highest BCUT2D eigenvalue weighted by atomic mass is 16.5. The van der Waals surface area contributed by atoms with Crippen molar-refractivity contribution >= 4 is 11.9 Å². The molecule has 2 aliphatic heterocycles. The summed E-state index contributed by atoms with van der Waals surface area (Å²) in [5.41, 5.74) is 0. The summed E-state index contributed by atoms with van der Waals surface area (Å²) in [6.45, 7) is 1.03. The molecule has 5 nitrogen and oxygen atoms in total. The molecule has 0 aromatic rings. The molecule has 2 rings (SSSR count). The minimum absolute atomic E-state index is 0.0278. The van der Waals surface area contributed by atoms with E-state index in [9.17, 15) is 9.59 Å². The molecule has 66 valence electrons. The van der Waals surface area contributed by atoms with Crippen LogP contribution in [0.4, 0.5) is 4.79 Å². The summed E-state index contributed by atoms with van der Waals surface area (Å²) in [6, 6.07) is -0.414. The fraction of sp³-hybridized carbons (Fsp3) is 0.714. The van der Waals surface area contributed by atoms with Crippen LogP contribution in [0.1, 0.15) is 6.42 Å². The lowest BCUT2D eigenvalue weighted by Crippen LogP contribution is -2.60. The summed E-state index contributed by atoms with van der Waals surface area (Å²) in [5.74, 6) is -0.417. The number of hydrogen-bond acceptors (Lipinski definition) is 3. The minimum Gasteiger partial charge on any atom is -0.380 e. The Balaban J connectivity index is 2.11. The average Bonchev–Trinajstić information content (AvgIpc) is 2.04. The second-order valence-electron chi connectivity index (χ2n) is 3.04. The molecular weight excluding hydrogens is 160 g/mol. The van der Waals surface area contributed by atoms with Crippen LogP contribution in [0.15, 0.2) is 0 Å². The zero-order valence-corrected chi connectivity index (χ0v) is 6.50. The first-order chi connectivity index (χ1) is 5.77. The van der Waals surface area contributed by atoms with Gasteiger partial charge < -0.3 is 10.1 Å². The summed E-state index contributed by atoms with van der Waals surface area (Å²) < 4.78 is 5.13. The monoisotopic (exact) mass is 170 g/mol. The number of ether oxygens (including phenoxy) is 1. The van der Waals surface area contributed by atoms with E-state index in [4.69, 9.17) is 4.74 Å². The Bertz CT molecular complexity index is 229. The Hall–Kier alpha value is -1.10. The van der Waals surface area contributed by atoms with E-state index in [-0.39, 0.29) is 23.9 Å². The lowest BCUT2D eigenvalue weighted by Gasteiger charge is -2.34. The number of rotatable bonds is 0. The van der Waals surface area contributed by atoms with Gasteiger partial charge in [-0.2, -0.15) is 0 Å². The number of imide groups is 1. The van der Waals surface area contributed by atoms with Crippen LogP contribution in [-0.4, -0.2) is 31.2 Å². The molecular formula is C7H10N2O3. The smallest absolute Gasteiger partial charge is 0.321 e. The van der Waals surface area contributed by atoms with Gasteiger partial charge in [-0.3, -0.25) is 10.1 Å². The summed E-state index contributed by atoms with van der Waals surface area (Å²) >= 11 is 0. The molecule has 2 aliphatic rings. The Morgan fingerprint density at radius 3 is 3.08 bits per heavy atom. The maximum absolute atomic E-state index is 11.2. The van der Waals surface area contributed by atoms with E-state index >= 15 is 0 Å². The van der Waals surface area contributed by atoms with Crippen LogP contribution in [0.3, 0.4) is 0 Å². The molecule has 0 spiro atoms. The van der Waals surface area contributed by atoms with Crippen molar-refractivity contribution in [3.05, 3.63) is 0 Å². The van der Waals surface area contributed by atoms with Gasteiger partial charge in [0.15, 0.2) is 0 Å². The molecule has 5 heteroatoms. The quantitative estimate of drug-likeness (QED) is 0.501. The van der Waals surface area contributed by atoms with E-state index in [1.807, 2.05) is 0 Å². The first-order valence-corrected chi connectivity index (χ1v) is 3.96. The first kappa shape index (κ1) is 7.54. The molecule has 2 heterocycles. The number of carbonyl (C=O) groups excluding carboxylic acids is 2. The van der Waals surface area contributed by atoms with Crippen molar-refractivity contribution in [2.45, 2.75) is 12.5 Å². The maximum Gasteiger partial charge on any atom is 0.321 e. The summed E-state index contributed by atoms with van der Waals surface area (Å²) in [4.78, 5) is 22.0. The second-order valence-corrected chi connectivity index (χ2v) is 3.04. The average molecular weight is 170 g/mol. The molecule has 0 aliphatic carbocycles. The van der Waals surface area contributed by atoms with Crippen molar-refractivity contribution in [3.63, 3.8) is 0 Å². The number of nitrogens with one attached hydrogen (secondary N) is 2. The standard InChI is InChI=1S/C7H10N2O3/c10-6-4-3-12-2-1-5(4)8-7(11)9-6/h4-5H,1-3H2,(H2,8,9,10,11). The Labute approximate surface area is 69.5 Å². The lowest BCUT2D eigenvalue weighted by atomic mass is 9.93. The van der Waals surface area contributed by atoms with Crippen LogP contribution in [0.25, 0.3) is 0 Å². The molecule has 2 unspecified atom stereocenters. The Kier molecular flexibility index (Phi) is 1.73. The van der Waals surface area contributed by atoms with Gasteiger partial charge in [0.05, 0.1) is 12.5 Å². The predicted octanol–water partition coefficient (Wildman–Crippen LogP) is -0.769. The van der Waals surface area contributed by atoms with Crippen LogP contribution in [0.5, 0.6) is 0 Å². The molecule has 0 radical (unpaired) electrons. The largest absolute Gasteiger partial charge is 0.380 e. The molecule has 2 N–H and O–H groups in total. The first-order valence-electron chi connectivity index (χ1n) is 3.96. The van der Waals surface area contributed by atoms with Crippen LogP contribution in [0, 0.1) is 5.92 Å². The molecule has 2 atom stereocenters. The number of urea groups is 1. The molecule has 2 fully saturated rings. The van der Waals surface area contributed by atoms with Gasteiger partial charge in [-0.15, -0.1) is 0 Å². The third-order valence-electron chi connectivity index (χ3n) is 2.25. The number of hydrogen-bond donors (Lipinski definition) is 2. The summed E-state index contributed by atoms with van der Waals surface area (Å²) in [7, 11) is 0. The predicted molar refractivity (Wildman–Crippen MR) is 39.4 cm³/mol. The molecule has 0 aromatic heterocycles. The van der Waals surface area contributed by atoms with Crippen LogP contribution >= 0.6 is 0 Å². The zero-order valence-electron chi connectivity index (χ0n) is 6.50. The topological polar surface area (TPSA) is 67.4 Å². The highest BCUT2D eigenvalue weighted by molar-refractivity contribution is 5.98. The Morgan fingerprint density at radius 1 is 1.42 bits per heavy atom. The maximum atomic E-state index is 11.2. The lowest BCUT2D eigenvalue weighted by molar-refractivity contribution is -0.130. The van der Waals surface area contributed by atoms with Crippen LogP contribution in [-0.2, 0) is 9.53 Å². The van der Waals surface area contributed by atoms with Crippen molar-refractivity contribution < 1.29 is 14.3 Å². The van der Waals surface area contributed by atoms with Gasteiger partial charge in [-0.25, -0.2) is 4.79 Å². The van der Waals surface area contributed by atoms with Gasteiger partial charge >= 0.3 is 6.03 Å². The fourth-order valence-electron chi connectivity index (χ4n) is 1.58. The molecule has 2 saturated heterocycles. The molecule has 0 bridgehead atoms. The SMILES string of the molecule is O=C1NC(=O)C2COCCC2N1. The molecule has 0 saturated carbocycles.